The van der Waals surface area contributed by atoms with Crippen LogP contribution in [-0.2, 0) is 0 Å². The predicted octanol–water partition coefficient (Wildman–Crippen LogP) is 6.50. The average molecular weight is 559 g/mol. The minimum absolute atomic E-state index is 0.275. The third kappa shape index (κ3) is 6.39. The lowest BCUT2D eigenvalue weighted by Gasteiger charge is -2.09. The monoisotopic (exact) mass is 558 g/mol. The van der Waals surface area contributed by atoms with E-state index in [0.29, 0.717) is 24.5 Å². The second-order valence-electron chi connectivity index (χ2n) is 9.83. The Balaban J connectivity index is 0.872. The lowest BCUT2D eigenvalue weighted by Crippen LogP contribution is -2.31. The van der Waals surface area contributed by atoms with Gasteiger partial charge in [0.1, 0.15) is 11.6 Å². The van der Waals surface area contributed by atoms with E-state index in [0.717, 1.165) is 57.7 Å². The highest BCUT2D eigenvalue weighted by Crippen LogP contribution is 2.23. The first-order chi connectivity index (χ1) is 20.6. The van der Waals surface area contributed by atoms with Crippen molar-refractivity contribution in [2.75, 3.05) is 23.7 Å². The normalized spacial score (nSPS) is 11.0. The van der Waals surface area contributed by atoms with E-state index < -0.39 is 0 Å². The highest BCUT2D eigenvalue weighted by molar-refractivity contribution is 5.90. The topological polar surface area (TPSA) is 140 Å². The highest BCUT2D eigenvalue weighted by Gasteiger charge is 2.08. The molecule has 42 heavy (non-hydrogen) atoms. The van der Waals surface area contributed by atoms with Crippen molar-refractivity contribution in [2.45, 2.75) is 12.8 Å². The number of imidazole rings is 2. The van der Waals surface area contributed by atoms with Crippen molar-refractivity contribution >= 4 is 45.5 Å². The molecule has 0 aliphatic heterocycles. The molecule has 0 saturated carbocycles. The molecule has 4 amide bonds. The summed E-state index contributed by atoms with van der Waals surface area (Å²) in [4.78, 5) is 40.3. The summed E-state index contributed by atoms with van der Waals surface area (Å²) in [5.41, 5.74) is 7.05. The molecule has 0 aliphatic carbocycles. The third-order valence-corrected chi connectivity index (χ3v) is 6.79. The van der Waals surface area contributed by atoms with E-state index in [2.05, 4.69) is 41.2 Å². The number of unbranched alkanes of at least 4 members (excludes halogenated alkanes) is 1. The van der Waals surface area contributed by atoms with Gasteiger partial charge in [-0.1, -0.05) is 24.3 Å². The maximum absolute atomic E-state index is 12.3. The fourth-order valence-electron chi connectivity index (χ4n) is 4.61. The van der Waals surface area contributed by atoms with E-state index in [1.807, 2.05) is 97.1 Å². The highest BCUT2D eigenvalue weighted by atomic mass is 16.2. The number of urea groups is 2. The van der Waals surface area contributed by atoms with Gasteiger partial charge in [-0.05, 0) is 85.6 Å². The van der Waals surface area contributed by atoms with Crippen LogP contribution in [0.4, 0.5) is 21.0 Å². The summed E-state index contributed by atoms with van der Waals surface area (Å²) in [6.45, 7) is 0.991. The van der Waals surface area contributed by atoms with Gasteiger partial charge in [0.15, 0.2) is 0 Å². The van der Waals surface area contributed by atoms with Crippen molar-refractivity contribution < 1.29 is 9.59 Å². The smallest absolute Gasteiger partial charge is 0.319 e. The second-order valence-corrected chi connectivity index (χ2v) is 9.83. The molecular weight excluding hydrogens is 528 g/mol. The van der Waals surface area contributed by atoms with Gasteiger partial charge in [0.2, 0.25) is 0 Å². The van der Waals surface area contributed by atoms with E-state index >= 15 is 0 Å². The van der Waals surface area contributed by atoms with Crippen LogP contribution in [0.25, 0.3) is 44.8 Å². The summed E-state index contributed by atoms with van der Waals surface area (Å²) in [6.07, 6.45) is 1.45. The molecule has 10 nitrogen and oxygen atoms in total. The summed E-state index contributed by atoms with van der Waals surface area (Å²) >= 11 is 0. The van der Waals surface area contributed by atoms with Gasteiger partial charge in [-0.25, -0.2) is 19.6 Å². The lowest BCUT2D eigenvalue weighted by atomic mass is 10.2. The van der Waals surface area contributed by atoms with Crippen LogP contribution in [0.1, 0.15) is 12.8 Å². The van der Waals surface area contributed by atoms with Crippen LogP contribution in [0.5, 0.6) is 0 Å². The number of hydrogen-bond donors (Lipinski definition) is 6. The molecular formula is C32H30N8O2. The van der Waals surface area contributed by atoms with Crippen molar-refractivity contribution in [1.82, 2.24) is 30.6 Å². The molecule has 6 rings (SSSR count). The molecule has 2 aromatic heterocycles. The van der Waals surface area contributed by atoms with E-state index in [9.17, 15) is 9.59 Å². The summed E-state index contributed by atoms with van der Waals surface area (Å²) in [5.74, 6) is 1.57. The largest absolute Gasteiger partial charge is 0.338 e. The molecule has 4 aromatic carbocycles. The van der Waals surface area contributed by atoms with Crippen LogP contribution < -0.4 is 21.3 Å². The summed E-state index contributed by atoms with van der Waals surface area (Å²) in [5, 5.41) is 11.4. The Morgan fingerprint density at radius 3 is 1.36 bits per heavy atom. The molecule has 6 aromatic rings. The number of carbonyl (C=O) groups is 2. The maximum Gasteiger partial charge on any atom is 0.319 e. The first-order valence-electron chi connectivity index (χ1n) is 13.8. The minimum atomic E-state index is -0.275. The quantitative estimate of drug-likeness (QED) is 0.113. The lowest BCUT2D eigenvalue weighted by molar-refractivity contribution is 0.250. The van der Waals surface area contributed by atoms with Gasteiger partial charge >= 0.3 is 12.1 Å². The number of anilines is 2. The number of para-hydroxylation sites is 4. The van der Waals surface area contributed by atoms with Gasteiger partial charge in [-0.3, -0.25) is 0 Å². The van der Waals surface area contributed by atoms with Crippen LogP contribution in [-0.4, -0.2) is 45.1 Å². The second kappa shape index (κ2) is 12.3. The number of rotatable bonds is 9. The Hall–Kier alpha value is -5.64. The standard InChI is InChI=1S/C32H30N8O2/c41-31(35-23-15-11-21(12-16-23)29-37-25-7-1-2-8-26(25)38-29)33-19-5-6-20-34-32(42)36-24-17-13-22(14-18-24)30-39-27-9-3-4-10-28(27)40-30/h1-4,7-18H,5-6,19-20H2,(H,37,38)(H,39,40)(H2,33,35,41)(H2,34,36,42). The van der Waals surface area contributed by atoms with Crippen LogP contribution in [0, 0.1) is 0 Å². The number of H-pyrrole nitrogens is 2. The predicted molar refractivity (Wildman–Crippen MR) is 166 cm³/mol. The summed E-state index contributed by atoms with van der Waals surface area (Å²) in [6, 6.07) is 30.2. The van der Waals surface area contributed by atoms with Crippen molar-refractivity contribution in [3.8, 4) is 22.8 Å². The molecule has 0 saturated heterocycles. The minimum Gasteiger partial charge on any atom is -0.338 e. The van der Waals surface area contributed by atoms with Gasteiger partial charge in [0.25, 0.3) is 0 Å². The zero-order valence-corrected chi connectivity index (χ0v) is 22.8. The number of benzene rings is 4. The molecule has 6 N–H and O–H groups in total. The van der Waals surface area contributed by atoms with Gasteiger partial charge in [-0.2, -0.15) is 0 Å². The van der Waals surface area contributed by atoms with Crippen molar-refractivity contribution in [2.24, 2.45) is 0 Å². The first-order valence-corrected chi connectivity index (χ1v) is 13.8. The van der Waals surface area contributed by atoms with Crippen molar-refractivity contribution in [3.05, 3.63) is 97.1 Å². The molecule has 10 heteroatoms. The molecule has 0 spiro atoms. The van der Waals surface area contributed by atoms with E-state index in [4.69, 9.17) is 0 Å². The number of carbonyl (C=O) groups excluding carboxylic acids is 2. The van der Waals surface area contributed by atoms with Crippen LogP contribution >= 0.6 is 0 Å². The molecule has 0 atom stereocenters. The maximum atomic E-state index is 12.3. The summed E-state index contributed by atoms with van der Waals surface area (Å²) in [7, 11) is 0. The zero-order valence-electron chi connectivity index (χ0n) is 22.8. The molecule has 210 valence electrons. The number of aromatic nitrogens is 4. The number of fused-ring (bicyclic) bond motifs is 2. The Bertz CT molecular complexity index is 1620. The molecule has 0 aliphatic rings. The van der Waals surface area contributed by atoms with Crippen LogP contribution in [0.15, 0.2) is 97.1 Å². The molecule has 2 heterocycles. The zero-order chi connectivity index (χ0) is 28.7. The molecule has 0 fully saturated rings. The van der Waals surface area contributed by atoms with Crippen LogP contribution in [0.3, 0.4) is 0 Å². The Labute approximate surface area is 242 Å². The van der Waals surface area contributed by atoms with Crippen molar-refractivity contribution in [1.29, 1.82) is 0 Å². The Morgan fingerprint density at radius 1 is 0.548 bits per heavy atom. The number of amides is 4. The van der Waals surface area contributed by atoms with Gasteiger partial charge < -0.3 is 31.2 Å². The number of aromatic amines is 2. The average Bonchev–Trinajstić information content (AvgIpc) is 3.64. The SMILES string of the molecule is O=C(NCCCCNC(=O)Nc1ccc(-c2nc3ccccc3[nH]2)cc1)Nc1ccc(-c2nc3ccccc3[nH]2)cc1. The third-order valence-electron chi connectivity index (χ3n) is 6.79. The molecule has 0 radical (unpaired) electrons. The molecule has 0 unspecified atom stereocenters. The molecule has 0 bridgehead atoms. The van der Waals surface area contributed by atoms with E-state index in [1.165, 1.54) is 0 Å². The number of nitrogens with one attached hydrogen (secondary N) is 6. The van der Waals surface area contributed by atoms with Crippen LogP contribution in [0.2, 0.25) is 0 Å². The van der Waals surface area contributed by atoms with E-state index in [-0.39, 0.29) is 12.1 Å². The fourth-order valence-corrected chi connectivity index (χ4v) is 4.61. The number of hydrogen-bond acceptors (Lipinski definition) is 4. The number of nitrogens with zero attached hydrogens (tertiary/aromatic N) is 2. The van der Waals surface area contributed by atoms with Gasteiger partial charge in [0, 0.05) is 35.6 Å². The van der Waals surface area contributed by atoms with E-state index in [1.54, 1.807) is 0 Å². The Morgan fingerprint density at radius 2 is 0.952 bits per heavy atom. The summed E-state index contributed by atoms with van der Waals surface area (Å²) < 4.78 is 0. The van der Waals surface area contributed by atoms with Crippen molar-refractivity contribution in [3.63, 3.8) is 0 Å². The Kier molecular flexibility index (Phi) is 7.76. The fraction of sp³-hybridized carbons (Fsp3) is 0.125. The van der Waals surface area contributed by atoms with Gasteiger partial charge in [0.05, 0.1) is 22.1 Å². The van der Waals surface area contributed by atoms with Gasteiger partial charge in [-0.15, -0.1) is 0 Å². The first kappa shape index (κ1) is 26.6.